The van der Waals surface area contributed by atoms with Gasteiger partial charge in [0, 0.05) is 12.1 Å². The fourth-order valence-corrected chi connectivity index (χ4v) is 2.96. The van der Waals surface area contributed by atoms with E-state index in [0.29, 0.717) is 6.42 Å². The highest BCUT2D eigenvalue weighted by molar-refractivity contribution is 5.92. The van der Waals surface area contributed by atoms with Gasteiger partial charge in [0.1, 0.15) is 0 Å². The molecule has 0 aromatic heterocycles. The van der Waals surface area contributed by atoms with Gasteiger partial charge in [0.15, 0.2) is 0 Å². The van der Waals surface area contributed by atoms with Crippen LogP contribution in [0.3, 0.4) is 0 Å². The van der Waals surface area contributed by atoms with Gasteiger partial charge in [-0.05, 0) is 69.9 Å². The fourth-order valence-electron chi connectivity index (χ4n) is 2.96. The molecular weight excluding hydrogens is 366 g/mol. The minimum atomic E-state index is 0.0970. The maximum atomic E-state index is 12.1. The third-order valence-corrected chi connectivity index (χ3v) is 4.68. The number of hydrogen-bond donors (Lipinski definition) is 1. The Hall–Kier alpha value is -2.61. The zero-order chi connectivity index (χ0) is 21.9. The van der Waals surface area contributed by atoms with E-state index in [0.717, 1.165) is 61.8 Å². The van der Waals surface area contributed by atoms with E-state index in [2.05, 4.69) is 73.0 Å². The van der Waals surface area contributed by atoms with Crippen molar-refractivity contribution in [2.75, 3.05) is 5.32 Å². The quantitative estimate of drug-likeness (QED) is 0.245. The minimum Gasteiger partial charge on any atom is -0.326 e. The van der Waals surface area contributed by atoms with Crippen molar-refractivity contribution in [2.45, 2.75) is 72.1 Å². The molecule has 30 heavy (non-hydrogen) atoms. The highest BCUT2D eigenvalue weighted by atomic mass is 16.1. The van der Waals surface area contributed by atoms with Gasteiger partial charge in [-0.2, -0.15) is 0 Å². The normalized spacial score (nSPS) is 12.4. The summed E-state index contributed by atoms with van der Waals surface area (Å²) in [6.07, 6.45) is 29.4. The molecule has 1 rings (SSSR count). The van der Waals surface area contributed by atoms with Crippen LogP contribution in [-0.2, 0) is 4.79 Å². The van der Waals surface area contributed by atoms with Crippen LogP contribution >= 0.6 is 0 Å². The molecule has 0 spiro atoms. The van der Waals surface area contributed by atoms with Crippen molar-refractivity contribution in [3.05, 3.63) is 90.1 Å². The molecule has 0 saturated carbocycles. The predicted octanol–water partition coefficient (Wildman–Crippen LogP) is 8.16. The topological polar surface area (TPSA) is 29.1 Å². The number of para-hydroxylation sites is 1. The summed E-state index contributed by atoms with van der Waals surface area (Å²) in [7, 11) is 0. The number of carbonyl (C=O) groups is 1. The van der Waals surface area contributed by atoms with E-state index < -0.39 is 0 Å². The Morgan fingerprint density at radius 2 is 1.23 bits per heavy atom. The molecule has 1 amide bonds. The first-order valence-electron chi connectivity index (χ1n) is 11.3. The highest BCUT2D eigenvalue weighted by Crippen LogP contribution is 2.19. The third kappa shape index (κ3) is 12.8. The second-order valence-corrected chi connectivity index (χ2v) is 7.42. The second kappa shape index (κ2) is 17.3. The zero-order valence-corrected chi connectivity index (χ0v) is 19.1. The maximum absolute atomic E-state index is 12.1. The van der Waals surface area contributed by atoms with E-state index in [4.69, 9.17) is 0 Å². The first-order chi connectivity index (χ1) is 14.6. The Kier molecular flexibility index (Phi) is 14.6. The third-order valence-electron chi connectivity index (χ3n) is 4.68. The van der Waals surface area contributed by atoms with Crippen LogP contribution < -0.4 is 5.32 Å². The Bertz CT molecular complexity index is 730. The molecule has 0 radical (unpaired) electrons. The van der Waals surface area contributed by atoms with Crippen molar-refractivity contribution < 1.29 is 4.79 Å². The van der Waals surface area contributed by atoms with E-state index in [1.807, 2.05) is 32.0 Å². The minimum absolute atomic E-state index is 0.0970. The number of unbranched alkanes of at least 4 members (excludes halogenated alkanes) is 1. The van der Waals surface area contributed by atoms with Crippen molar-refractivity contribution in [3.63, 3.8) is 0 Å². The lowest BCUT2D eigenvalue weighted by Crippen LogP contribution is -2.12. The molecule has 0 fully saturated rings. The summed E-state index contributed by atoms with van der Waals surface area (Å²) >= 11 is 0. The van der Waals surface area contributed by atoms with Crippen LogP contribution in [0.2, 0.25) is 0 Å². The number of amides is 1. The van der Waals surface area contributed by atoms with Crippen molar-refractivity contribution >= 4 is 11.6 Å². The summed E-state index contributed by atoms with van der Waals surface area (Å²) in [5, 5.41) is 3.05. The molecule has 0 aliphatic heterocycles. The van der Waals surface area contributed by atoms with Crippen LogP contribution in [0.25, 0.3) is 0 Å². The number of aryl methyl sites for hydroxylation is 2. The molecule has 1 aromatic rings. The average molecular weight is 406 g/mol. The molecule has 0 atom stereocenters. The van der Waals surface area contributed by atoms with Gasteiger partial charge in [0.05, 0.1) is 0 Å². The van der Waals surface area contributed by atoms with E-state index in [9.17, 15) is 4.79 Å². The molecule has 162 valence electrons. The van der Waals surface area contributed by atoms with Crippen LogP contribution in [0.1, 0.15) is 69.4 Å². The lowest BCUT2D eigenvalue weighted by molar-refractivity contribution is -0.116. The molecule has 0 saturated heterocycles. The van der Waals surface area contributed by atoms with Gasteiger partial charge < -0.3 is 5.32 Å². The molecule has 1 aromatic carbocycles. The van der Waals surface area contributed by atoms with Crippen LogP contribution in [0.4, 0.5) is 5.69 Å². The largest absolute Gasteiger partial charge is 0.326 e. The van der Waals surface area contributed by atoms with E-state index in [1.165, 1.54) is 0 Å². The zero-order valence-electron chi connectivity index (χ0n) is 19.1. The van der Waals surface area contributed by atoms with Gasteiger partial charge in [0.2, 0.25) is 5.91 Å². The Balaban J connectivity index is 2.06. The first-order valence-corrected chi connectivity index (χ1v) is 11.3. The molecular formula is C28H39NO. The molecule has 0 heterocycles. The van der Waals surface area contributed by atoms with Crippen molar-refractivity contribution in [3.8, 4) is 0 Å². The number of nitrogens with one attached hydrogen (secondary N) is 1. The smallest absolute Gasteiger partial charge is 0.224 e. The Morgan fingerprint density at radius 3 is 1.73 bits per heavy atom. The number of rotatable bonds is 14. The van der Waals surface area contributed by atoms with Gasteiger partial charge in [0.25, 0.3) is 0 Å². The monoisotopic (exact) mass is 405 g/mol. The van der Waals surface area contributed by atoms with Gasteiger partial charge in [-0.3, -0.25) is 4.79 Å². The molecule has 2 heteroatoms. The Morgan fingerprint density at radius 1 is 0.767 bits per heavy atom. The maximum Gasteiger partial charge on any atom is 0.224 e. The molecule has 1 N–H and O–H groups in total. The van der Waals surface area contributed by atoms with Crippen LogP contribution in [-0.4, -0.2) is 5.91 Å². The van der Waals surface area contributed by atoms with Crippen molar-refractivity contribution in [1.29, 1.82) is 0 Å². The summed E-state index contributed by atoms with van der Waals surface area (Å²) in [5.74, 6) is 0.0970. The summed E-state index contributed by atoms with van der Waals surface area (Å²) in [5.41, 5.74) is 3.18. The van der Waals surface area contributed by atoms with Crippen LogP contribution in [0.5, 0.6) is 0 Å². The van der Waals surface area contributed by atoms with Crippen molar-refractivity contribution in [2.24, 2.45) is 0 Å². The summed E-state index contributed by atoms with van der Waals surface area (Å²) in [6, 6.07) is 6.07. The number of hydrogen-bond acceptors (Lipinski definition) is 1. The Labute approximate surface area is 184 Å². The van der Waals surface area contributed by atoms with Gasteiger partial charge in [-0.25, -0.2) is 0 Å². The molecule has 0 unspecified atom stereocenters. The number of benzene rings is 1. The summed E-state index contributed by atoms with van der Waals surface area (Å²) in [4.78, 5) is 12.1. The van der Waals surface area contributed by atoms with E-state index >= 15 is 0 Å². The molecule has 0 bridgehead atoms. The summed E-state index contributed by atoms with van der Waals surface area (Å²) < 4.78 is 0. The number of anilines is 1. The van der Waals surface area contributed by atoms with Gasteiger partial charge in [-0.15, -0.1) is 0 Å². The SMILES string of the molecule is CC/C=C/C/C=C/C/C=C/C/C=C/C/C=C/CCCC(=O)Nc1c(C)cccc1C. The summed E-state index contributed by atoms with van der Waals surface area (Å²) in [6.45, 7) is 6.21. The van der Waals surface area contributed by atoms with E-state index in [1.54, 1.807) is 0 Å². The fraction of sp³-hybridized carbons (Fsp3) is 0.393. The van der Waals surface area contributed by atoms with Gasteiger partial charge >= 0.3 is 0 Å². The standard InChI is InChI=1S/C28H39NO/c1-4-5-6-7-8-9-10-11-12-13-14-15-16-17-18-19-20-24-27(30)29-28-25(2)22-21-23-26(28)3/h5-6,8-9,11-12,14-15,17-18,21-23H,4,7,10,13,16,19-20,24H2,1-3H3,(H,29,30)/b6-5+,9-8+,12-11+,15-14+,18-17+. The molecule has 0 aliphatic carbocycles. The van der Waals surface area contributed by atoms with Crippen LogP contribution in [0.15, 0.2) is 79.0 Å². The second-order valence-electron chi connectivity index (χ2n) is 7.42. The lowest BCUT2D eigenvalue weighted by atomic mass is 10.1. The lowest BCUT2D eigenvalue weighted by Gasteiger charge is -2.11. The highest BCUT2D eigenvalue weighted by Gasteiger charge is 2.06. The van der Waals surface area contributed by atoms with E-state index in [-0.39, 0.29) is 5.91 Å². The molecule has 0 aliphatic rings. The first kappa shape index (κ1) is 25.4. The molecule has 2 nitrogen and oxygen atoms in total. The number of carbonyl (C=O) groups excluding carboxylic acids is 1. The van der Waals surface area contributed by atoms with Gasteiger partial charge in [-0.1, -0.05) is 85.9 Å². The van der Waals surface area contributed by atoms with Crippen molar-refractivity contribution in [1.82, 2.24) is 0 Å². The average Bonchev–Trinajstić information content (AvgIpc) is 2.73. The van der Waals surface area contributed by atoms with Crippen LogP contribution in [0, 0.1) is 13.8 Å². The number of allylic oxidation sites excluding steroid dienone is 10. The predicted molar refractivity (Wildman–Crippen MR) is 133 cm³/mol.